The van der Waals surface area contributed by atoms with E-state index in [9.17, 15) is 4.79 Å². The molecule has 0 aromatic carbocycles. The highest BCUT2D eigenvalue weighted by molar-refractivity contribution is 5.85. The first kappa shape index (κ1) is 13.1. The van der Waals surface area contributed by atoms with Gasteiger partial charge in [0.05, 0.1) is 12.2 Å². The van der Waals surface area contributed by atoms with E-state index in [1.54, 1.807) is 18.3 Å². The molecule has 0 spiro atoms. The van der Waals surface area contributed by atoms with Gasteiger partial charge in [0.25, 0.3) is 0 Å². The number of nitrogens with one attached hydrogen (secondary N) is 1. The zero-order chi connectivity index (χ0) is 13.8. The van der Waals surface area contributed by atoms with Crippen LogP contribution in [0.5, 0.6) is 0 Å². The van der Waals surface area contributed by atoms with Crippen LogP contribution in [0.2, 0.25) is 0 Å². The number of anilines is 1. The van der Waals surface area contributed by atoms with Crippen molar-refractivity contribution in [2.45, 2.75) is 26.4 Å². The topological polar surface area (TPSA) is 80.0 Å². The minimum absolute atomic E-state index is 0.0110. The third-order valence-electron chi connectivity index (χ3n) is 2.81. The van der Waals surface area contributed by atoms with Gasteiger partial charge in [-0.3, -0.25) is 4.68 Å². The minimum atomic E-state index is -1.03. The number of hydrogen-bond acceptors (Lipinski definition) is 4. The molecule has 2 aromatic heterocycles. The molecule has 0 aliphatic carbocycles. The van der Waals surface area contributed by atoms with Gasteiger partial charge in [-0.1, -0.05) is 6.07 Å². The molecule has 0 amide bonds. The fraction of sp³-hybridized carbons (Fsp3) is 0.308. The molecule has 0 aliphatic rings. The molecule has 0 saturated heterocycles. The van der Waals surface area contributed by atoms with Crippen LogP contribution >= 0.6 is 0 Å². The average Bonchev–Trinajstić information content (AvgIpc) is 2.88. The fourth-order valence-corrected chi connectivity index (χ4v) is 1.72. The summed E-state index contributed by atoms with van der Waals surface area (Å²) in [5, 5.41) is 16.3. The molecular weight excluding hydrogens is 244 g/mol. The molecule has 2 aromatic rings. The van der Waals surface area contributed by atoms with Crippen LogP contribution in [0, 0.1) is 0 Å². The van der Waals surface area contributed by atoms with Crippen LogP contribution in [0.15, 0.2) is 30.6 Å². The van der Waals surface area contributed by atoms with E-state index in [1.165, 1.54) is 6.07 Å². The summed E-state index contributed by atoms with van der Waals surface area (Å²) in [5.41, 5.74) is 1.06. The molecular formula is C13H16N4O2. The van der Waals surface area contributed by atoms with Gasteiger partial charge in [0.2, 0.25) is 0 Å². The molecule has 0 saturated carbocycles. The number of carbonyl (C=O) groups is 1. The van der Waals surface area contributed by atoms with Crippen molar-refractivity contribution >= 4 is 11.8 Å². The lowest BCUT2D eigenvalue weighted by molar-refractivity contribution is 0.0690. The maximum Gasteiger partial charge on any atom is 0.354 e. The SMILES string of the molecule is CCn1cc(C(C)Nc2cccc(C(=O)O)n2)cn1. The summed E-state index contributed by atoms with van der Waals surface area (Å²) in [7, 11) is 0. The Morgan fingerprint density at radius 1 is 1.53 bits per heavy atom. The molecule has 0 fully saturated rings. The van der Waals surface area contributed by atoms with Crippen LogP contribution in [-0.4, -0.2) is 25.8 Å². The van der Waals surface area contributed by atoms with Crippen LogP contribution in [0.1, 0.15) is 35.9 Å². The van der Waals surface area contributed by atoms with Gasteiger partial charge in [0.1, 0.15) is 5.82 Å². The predicted octanol–water partition coefficient (Wildman–Crippen LogP) is 2.17. The minimum Gasteiger partial charge on any atom is -0.477 e. The molecule has 2 rings (SSSR count). The van der Waals surface area contributed by atoms with Crippen molar-refractivity contribution in [3.63, 3.8) is 0 Å². The molecule has 0 bridgehead atoms. The first-order chi connectivity index (χ1) is 9.10. The Morgan fingerprint density at radius 2 is 2.32 bits per heavy atom. The van der Waals surface area contributed by atoms with Crippen LogP contribution in [0.4, 0.5) is 5.82 Å². The monoisotopic (exact) mass is 260 g/mol. The van der Waals surface area contributed by atoms with Crippen molar-refractivity contribution in [2.24, 2.45) is 0 Å². The van der Waals surface area contributed by atoms with Gasteiger partial charge in [0.15, 0.2) is 5.69 Å². The first-order valence-corrected chi connectivity index (χ1v) is 6.09. The second-order valence-corrected chi connectivity index (χ2v) is 4.21. The lowest BCUT2D eigenvalue weighted by Crippen LogP contribution is -2.09. The van der Waals surface area contributed by atoms with Crippen LogP contribution in [0.3, 0.4) is 0 Å². The number of carboxylic acids is 1. The third-order valence-corrected chi connectivity index (χ3v) is 2.81. The molecule has 100 valence electrons. The lowest BCUT2D eigenvalue weighted by atomic mass is 10.2. The summed E-state index contributed by atoms with van der Waals surface area (Å²) < 4.78 is 1.84. The van der Waals surface area contributed by atoms with E-state index >= 15 is 0 Å². The Balaban J connectivity index is 2.12. The molecule has 1 unspecified atom stereocenters. The second kappa shape index (κ2) is 5.51. The van der Waals surface area contributed by atoms with E-state index in [1.807, 2.05) is 24.7 Å². The number of pyridine rings is 1. The summed E-state index contributed by atoms with van der Waals surface area (Å²) in [5.74, 6) is -0.494. The molecule has 6 heteroatoms. The van der Waals surface area contributed by atoms with E-state index in [0.717, 1.165) is 12.1 Å². The molecule has 0 aliphatic heterocycles. The number of aryl methyl sites for hydroxylation is 1. The third kappa shape index (κ3) is 3.09. The molecule has 1 atom stereocenters. The van der Waals surface area contributed by atoms with E-state index in [-0.39, 0.29) is 11.7 Å². The van der Waals surface area contributed by atoms with Crippen LogP contribution in [0.25, 0.3) is 0 Å². The van der Waals surface area contributed by atoms with Gasteiger partial charge in [0, 0.05) is 18.3 Å². The maximum absolute atomic E-state index is 10.8. The largest absolute Gasteiger partial charge is 0.477 e. The zero-order valence-corrected chi connectivity index (χ0v) is 10.9. The summed E-state index contributed by atoms with van der Waals surface area (Å²) in [6.45, 7) is 4.82. The number of hydrogen-bond donors (Lipinski definition) is 2. The summed E-state index contributed by atoms with van der Waals surface area (Å²) in [6.07, 6.45) is 3.75. The van der Waals surface area contributed by atoms with Crippen molar-refractivity contribution in [1.82, 2.24) is 14.8 Å². The molecule has 0 radical (unpaired) electrons. The normalized spacial score (nSPS) is 12.1. The van der Waals surface area contributed by atoms with Crippen molar-refractivity contribution in [3.8, 4) is 0 Å². The molecule has 2 N–H and O–H groups in total. The molecule has 6 nitrogen and oxygen atoms in total. The average molecular weight is 260 g/mol. The van der Waals surface area contributed by atoms with Crippen LogP contribution in [-0.2, 0) is 6.54 Å². The Hall–Kier alpha value is -2.37. The number of aromatic carboxylic acids is 1. The van der Waals surface area contributed by atoms with E-state index in [0.29, 0.717) is 5.82 Å². The van der Waals surface area contributed by atoms with E-state index in [4.69, 9.17) is 5.11 Å². The Kier molecular flexibility index (Phi) is 3.79. The molecule has 2 heterocycles. The van der Waals surface area contributed by atoms with Crippen molar-refractivity contribution in [1.29, 1.82) is 0 Å². The Bertz CT molecular complexity index is 580. The lowest BCUT2D eigenvalue weighted by Gasteiger charge is -2.12. The highest BCUT2D eigenvalue weighted by Crippen LogP contribution is 2.17. The smallest absolute Gasteiger partial charge is 0.354 e. The van der Waals surface area contributed by atoms with Gasteiger partial charge in [-0.05, 0) is 26.0 Å². The number of nitrogens with zero attached hydrogens (tertiary/aromatic N) is 3. The van der Waals surface area contributed by atoms with Crippen molar-refractivity contribution in [2.75, 3.05) is 5.32 Å². The number of rotatable bonds is 5. The van der Waals surface area contributed by atoms with Gasteiger partial charge < -0.3 is 10.4 Å². The standard InChI is InChI=1S/C13H16N4O2/c1-3-17-8-10(7-14-17)9(2)15-12-6-4-5-11(16-12)13(18)19/h4-9H,3H2,1-2H3,(H,15,16)(H,18,19). The fourth-order valence-electron chi connectivity index (χ4n) is 1.72. The van der Waals surface area contributed by atoms with Crippen LogP contribution < -0.4 is 5.32 Å². The van der Waals surface area contributed by atoms with Gasteiger partial charge >= 0.3 is 5.97 Å². The summed E-state index contributed by atoms with van der Waals surface area (Å²) in [4.78, 5) is 14.9. The quantitative estimate of drug-likeness (QED) is 0.861. The van der Waals surface area contributed by atoms with E-state index < -0.39 is 5.97 Å². The van der Waals surface area contributed by atoms with Crippen molar-refractivity contribution in [3.05, 3.63) is 41.9 Å². The van der Waals surface area contributed by atoms with Gasteiger partial charge in [-0.25, -0.2) is 9.78 Å². The highest BCUT2D eigenvalue weighted by atomic mass is 16.4. The number of aromatic nitrogens is 3. The summed E-state index contributed by atoms with van der Waals surface area (Å²) >= 11 is 0. The number of carboxylic acid groups (broad SMARTS) is 1. The van der Waals surface area contributed by atoms with E-state index in [2.05, 4.69) is 15.4 Å². The van der Waals surface area contributed by atoms with Crippen molar-refractivity contribution < 1.29 is 9.90 Å². The Morgan fingerprint density at radius 3 is 2.95 bits per heavy atom. The molecule has 19 heavy (non-hydrogen) atoms. The van der Waals surface area contributed by atoms with Gasteiger partial charge in [-0.15, -0.1) is 0 Å². The van der Waals surface area contributed by atoms with Gasteiger partial charge in [-0.2, -0.15) is 5.10 Å². The summed E-state index contributed by atoms with van der Waals surface area (Å²) in [6, 6.07) is 4.89. The highest BCUT2D eigenvalue weighted by Gasteiger charge is 2.10. The second-order valence-electron chi connectivity index (χ2n) is 4.21. The Labute approximate surface area is 111 Å². The zero-order valence-electron chi connectivity index (χ0n) is 10.9. The predicted molar refractivity (Wildman–Crippen MR) is 71.1 cm³/mol. The maximum atomic E-state index is 10.8. The first-order valence-electron chi connectivity index (χ1n) is 6.09.